The number of likely N-dealkylation sites (tertiary alicyclic amines) is 1. The maximum absolute atomic E-state index is 12.9. The summed E-state index contributed by atoms with van der Waals surface area (Å²) in [4.78, 5) is 2.41. The number of hydrogen-bond donors (Lipinski definition) is 2. The van der Waals surface area contributed by atoms with Crippen molar-refractivity contribution in [1.29, 1.82) is 0 Å². The summed E-state index contributed by atoms with van der Waals surface area (Å²) < 4.78 is 30.1. The Kier molecular flexibility index (Phi) is 6.31. The lowest BCUT2D eigenvalue weighted by molar-refractivity contribution is 0.0923. The highest BCUT2D eigenvalue weighted by atomic mass is 32.2. The minimum Gasteiger partial charge on any atom is -0.395 e. The number of aryl methyl sites for hydroxylation is 1. The molecule has 2 aromatic rings. The Morgan fingerprint density at radius 3 is 2.67 bits per heavy atom. The zero-order chi connectivity index (χ0) is 19.4. The number of aromatic nitrogens is 2. The molecule has 8 heteroatoms. The van der Waals surface area contributed by atoms with E-state index in [4.69, 9.17) is 0 Å². The third kappa shape index (κ3) is 4.40. The molecule has 3 rings (SSSR count). The summed E-state index contributed by atoms with van der Waals surface area (Å²) in [6.07, 6.45) is 3.17. The zero-order valence-corrected chi connectivity index (χ0v) is 16.7. The van der Waals surface area contributed by atoms with E-state index in [1.807, 2.05) is 30.3 Å². The molecule has 0 amide bonds. The van der Waals surface area contributed by atoms with Crippen LogP contribution in [-0.2, 0) is 10.0 Å². The van der Waals surface area contributed by atoms with Gasteiger partial charge in [-0.2, -0.15) is 5.10 Å². The van der Waals surface area contributed by atoms with E-state index in [1.54, 1.807) is 18.5 Å². The van der Waals surface area contributed by atoms with E-state index in [2.05, 4.69) is 14.7 Å². The van der Waals surface area contributed by atoms with Crippen LogP contribution >= 0.6 is 0 Å². The molecule has 2 N–H and O–H groups in total. The molecule has 0 radical (unpaired) electrons. The van der Waals surface area contributed by atoms with Gasteiger partial charge in [-0.05, 0) is 45.4 Å². The second-order valence-corrected chi connectivity index (χ2v) is 8.72. The fraction of sp³-hybridized carbons (Fsp3) is 0.526. The van der Waals surface area contributed by atoms with Crippen molar-refractivity contribution in [2.45, 2.75) is 44.0 Å². The van der Waals surface area contributed by atoms with Crippen LogP contribution in [-0.4, -0.2) is 60.5 Å². The summed E-state index contributed by atoms with van der Waals surface area (Å²) in [5, 5.41) is 13.9. The van der Waals surface area contributed by atoms with Crippen molar-refractivity contribution < 1.29 is 13.5 Å². The number of aliphatic hydroxyl groups is 1. The normalized spacial score (nSPS) is 18.7. The largest absolute Gasteiger partial charge is 0.395 e. The molecule has 1 aromatic carbocycles. The minimum atomic E-state index is -3.66. The Bertz CT molecular complexity index is 865. The molecule has 0 bridgehead atoms. The molecule has 1 atom stereocenters. The van der Waals surface area contributed by atoms with Crippen molar-refractivity contribution in [1.82, 2.24) is 19.4 Å². The maximum Gasteiger partial charge on any atom is 0.244 e. The van der Waals surface area contributed by atoms with Gasteiger partial charge in [0.25, 0.3) is 0 Å². The zero-order valence-electron chi connectivity index (χ0n) is 15.9. The first-order chi connectivity index (χ1) is 12.9. The van der Waals surface area contributed by atoms with Crippen LogP contribution in [0.3, 0.4) is 0 Å². The number of hydrogen-bond acceptors (Lipinski definition) is 5. The molecule has 27 heavy (non-hydrogen) atoms. The van der Waals surface area contributed by atoms with Gasteiger partial charge in [-0.15, -0.1) is 0 Å². The average Bonchev–Trinajstić information content (AvgIpc) is 2.97. The van der Waals surface area contributed by atoms with Gasteiger partial charge in [-0.25, -0.2) is 17.8 Å². The van der Waals surface area contributed by atoms with Crippen LogP contribution < -0.4 is 4.72 Å². The van der Waals surface area contributed by atoms with E-state index in [0.29, 0.717) is 24.5 Å². The predicted molar refractivity (Wildman–Crippen MR) is 105 cm³/mol. The first kappa shape index (κ1) is 20.0. The molecule has 0 saturated carbocycles. The summed E-state index contributed by atoms with van der Waals surface area (Å²) in [6.45, 7) is 5.41. The van der Waals surface area contributed by atoms with Crippen LogP contribution in [0.5, 0.6) is 0 Å². The lowest BCUT2D eigenvalue weighted by atomic mass is 10.0. The molecular weight excluding hydrogens is 364 g/mol. The Morgan fingerprint density at radius 2 is 1.96 bits per heavy atom. The molecule has 1 saturated heterocycles. The van der Waals surface area contributed by atoms with E-state index in [1.165, 1.54) is 0 Å². The van der Waals surface area contributed by atoms with Gasteiger partial charge in [-0.3, -0.25) is 4.90 Å². The molecule has 1 aliphatic rings. The average molecular weight is 393 g/mol. The van der Waals surface area contributed by atoms with Crippen molar-refractivity contribution in [3.8, 4) is 5.69 Å². The number of para-hydroxylation sites is 1. The Labute approximate surface area is 161 Å². The van der Waals surface area contributed by atoms with E-state index < -0.39 is 10.0 Å². The third-order valence-corrected chi connectivity index (χ3v) is 6.86. The van der Waals surface area contributed by atoms with Crippen molar-refractivity contribution in [3.05, 3.63) is 41.7 Å². The number of nitrogens with zero attached hydrogens (tertiary/aromatic N) is 3. The summed E-state index contributed by atoms with van der Waals surface area (Å²) in [5.74, 6) is 0. The Balaban J connectivity index is 1.73. The second kappa shape index (κ2) is 8.52. The van der Waals surface area contributed by atoms with E-state index in [9.17, 15) is 13.5 Å². The molecule has 0 spiro atoms. The molecule has 7 nitrogen and oxygen atoms in total. The highest BCUT2D eigenvalue weighted by molar-refractivity contribution is 7.89. The Hall–Kier alpha value is -1.74. The maximum atomic E-state index is 12.9. The van der Waals surface area contributed by atoms with Gasteiger partial charge in [0.2, 0.25) is 10.0 Å². The van der Waals surface area contributed by atoms with Crippen LogP contribution in [0.2, 0.25) is 0 Å². The van der Waals surface area contributed by atoms with Crippen LogP contribution in [0.15, 0.2) is 35.2 Å². The highest BCUT2D eigenvalue weighted by Crippen LogP contribution is 2.22. The van der Waals surface area contributed by atoms with Crippen LogP contribution in [0.4, 0.5) is 0 Å². The molecule has 2 heterocycles. The van der Waals surface area contributed by atoms with Crippen LogP contribution in [0, 0.1) is 13.8 Å². The quantitative estimate of drug-likeness (QED) is 0.748. The van der Waals surface area contributed by atoms with Gasteiger partial charge in [-0.1, -0.05) is 24.6 Å². The second-order valence-electron chi connectivity index (χ2n) is 7.01. The fourth-order valence-corrected chi connectivity index (χ4v) is 5.20. The minimum absolute atomic E-state index is 0.120. The predicted octanol–water partition coefficient (Wildman–Crippen LogP) is 1.61. The topological polar surface area (TPSA) is 87.5 Å². The lowest BCUT2D eigenvalue weighted by Crippen LogP contribution is -2.45. The van der Waals surface area contributed by atoms with Crippen molar-refractivity contribution >= 4 is 10.0 Å². The molecule has 1 aromatic heterocycles. The fourth-order valence-electron chi connectivity index (χ4n) is 3.79. The number of sulfonamides is 1. The van der Waals surface area contributed by atoms with Crippen molar-refractivity contribution in [2.24, 2.45) is 0 Å². The summed E-state index contributed by atoms with van der Waals surface area (Å²) >= 11 is 0. The standard InChI is InChI=1S/C19H28N4O3S/c1-15-19(16(2)23(21-15)17-8-4-3-5-9-17)27(25,26)20-11-13-22-12-7-6-10-18(22)14-24/h3-5,8-9,18,20,24H,6-7,10-14H2,1-2H3/t18-/m1/s1. The number of benzene rings is 1. The number of aliphatic hydroxyl groups excluding tert-OH is 1. The van der Waals surface area contributed by atoms with Crippen LogP contribution in [0.25, 0.3) is 5.69 Å². The number of nitrogens with one attached hydrogen (secondary N) is 1. The molecular formula is C19H28N4O3S. The van der Waals surface area contributed by atoms with Gasteiger partial charge >= 0.3 is 0 Å². The first-order valence-corrected chi connectivity index (χ1v) is 10.9. The van der Waals surface area contributed by atoms with Crippen LogP contribution in [0.1, 0.15) is 30.7 Å². The molecule has 0 aliphatic carbocycles. The van der Waals surface area contributed by atoms with E-state index in [0.717, 1.165) is 31.5 Å². The van der Waals surface area contributed by atoms with E-state index >= 15 is 0 Å². The molecule has 0 unspecified atom stereocenters. The number of rotatable bonds is 7. The smallest absolute Gasteiger partial charge is 0.244 e. The molecule has 148 valence electrons. The monoisotopic (exact) mass is 392 g/mol. The van der Waals surface area contributed by atoms with Gasteiger partial charge in [0.15, 0.2) is 0 Å². The lowest BCUT2D eigenvalue weighted by Gasteiger charge is -2.34. The SMILES string of the molecule is Cc1nn(-c2ccccc2)c(C)c1S(=O)(=O)NCCN1CCCC[C@@H]1CO. The van der Waals surface area contributed by atoms with Crippen molar-refractivity contribution in [2.75, 3.05) is 26.2 Å². The highest BCUT2D eigenvalue weighted by Gasteiger charge is 2.26. The van der Waals surface area contributed by atoms with Gasteiger partial charge in [0, 0.05) is 19.1 Å². The number of piperidine rings is 1. The summed E-state index contributed by atoms with van der Waals surface area (Å²) in [7, 11) is -3.66. The summed E-state index contributed by atoms with van der Waals surface area (Å²) in [5.41, 5.74) is 1.91. The van der Waals surface area contributed by atoms with E-state index in [-0.39, 0.29) is 17.5 Å². The molecule has 1 fully saturated rings. The summed E-state index contributed by atoms with van der Waals surface area (Å²) in [6, 6.07) is 9.63. The van der Waals surface area contributed by atoms with Crippen molar-refractivity contribution in [3.63, 3.8) is 0 Å². The van der Waals surface area contributed by atoms with Gasteiger partial charge < -0.3 is 5.11 Å². The van der Waals surface area contributed by atoms with Gasteiger partial charge in [0.05, 0.1) is 23.7 Å². The molecule has 1 aliphatic heterocycles. The van der Waals surface area contributed by atoms with Gasteiger partial charge in [0.1, 0.15) is 4.90 Å². The Morgan fingerprint density at radius 1 is 1.22 bits per heavy atom. The third-order valence-electron chi connectivity index (χ3n) is 5.15. The first-order valence-electron chi connectivity index (χ1n) is 9.40.